The highest BCUT2D eigenvalue weighted by Gasteiger charge is 2.28. The van der Waals surface area contributed by atoms with Crippen LogP contribution < -0.4 is 10.5 Å². The molecule has 1 aliphatic rings. The Bertz CT molecular complexity index is 319. The molecule has 1 aromatic rings. The normalized spacial score (nSPS) is 17.9. The minimum atomic E-state index is 0.421. The van der Waals surface area contributed by atoms with Gasteiger partial charge in [0, 0.05) is 11.8 Å². The molecule has 1 heterocycles. The van der Waals surface area contributed by atoms with Crippen LogP contribution in [0, 0.1) is 5.92 Å². The Morgan fingerprint density at radius 3 is 2.50 bits per heavy atom. The van der Waals surface area contributed by atoms with Gasteiger partial charge in [0.15, 0.2) is 0 Å². The smallest absolute Gasteiger partial charge is 0.119 e. The molecule has 3 nitrogen and oxygen atoms in total. The summed E-state index contributed by atoms with van der Waals surface area (Å²) in [6.45, 7) is 5.06. The summed E-state index contributed by atoms with van der Waals surface area (Å²) in [4.78, 5) is 0. The zero-order valence-electron chi connectivity index (χ0n) is 9.69. The molecule has 0 aliphatic carbocycles. The number of hydrogen-bond acceptors (Lipinski definition) is 3. The van der Waals surface area contributed by atoms with Crippen LogP contribution in [0.4, 0.5) is 0 Å². The molecule has 0 radical (unpaired) electrons. The predicted molar refractivity (Wildman–Crippen MR) is 63.7 cm³/mol. The number of benzene rings is 1. The van der Waals surface area contributed by atoms with E-state index in [0.29, 0.717) is 25.0 Å². The zero-order valence-corrected chi connectivity index (χ0v) is 9.69. The minimum absolute atomic E-state index is 0.421. The van der Waals surface area contributed by atoms with Crippen LogP contribution in [0.25, 0.3) is 0 Å². The van der Waals surface area contributed by atoms with E-state index >= 15 is 0 Å². The van der Waals surface area contributed by atoms with Crippen molar-refractivity contribution in [2.24, 2.45) is 11.7 Å². The highest BCUT2D eigenvalue weighted by molar-refractivity contribution is 5.30. The lowest BCUT2D eigenvalue weighted by Crippen LogP contribution is -2.36. The molecule has 3 heteroatoms. The van der Waals surface area contributed by atoms with Crippen LogP contribution in [0.2, 0.25) is 0 Å². The first kappa shape index (κ1) is 11.4. The second kappa shape index (κ2) is 5.32. The Labute approximate surface area is 96.5 Å². The summed E-state index contributed by atoms with van der Waals surface area (Å²) in [5.41, 5.74) is 7.12. The highest BCUT2D eigenvalue weighted by Crippen LogP contribution is 2.30. The van der Waals surface area contributed by atoms with E-state index in [1.54, 1.807) is 0 Å². The standard InChI is InChI=1S/C13H19NO2/c1-2-16-12-5-3-10(4-6-12)13(7-14)11-8-15-9-11/h3-6,11,13H,2,7-9,14H2,1H3. The fourth-order valence-electron chi connectivity index (χ4n) is 2.06. The van der Waals surface area contributed by atoms with Gasteiger partial charge in [-0.1, -0.05) is 12.1 Å². The molecular weight excluding hydrogens is 202 g/mol. The molecule has 0 saturated carbocycles. The van der Waals surface area contributed by atoms with Crippen molar-refractivity contribution in [1.82, 2.24) is 0 Å². The fraction of sp³-hybridized carbons (Fsp3) is 0.538. The maximum atomic E-state index is 5.83. The van der Waals surface area contributed by atoms with Crippen molar-refractivity contribution >= 4 is 0 Å². The van der Waals surface area contributed by atoms with Gasteiger partial charge in [0.1, 0.15) is 5.75 Å². The van der Waals surface area contributed by atoms with E-state index in [0.717, 1.165) is 19.0 Å². The average Bonchev–Trinajstić information content (AvgIpc) is 2.25. The van der Waals surface area contributed by atoms with Crippen molar-refractivity contribution < 1.29 is 9.47 Å². The lowest BCUT2D eigenvalue weighted by molar-refractivity contribution is -0.0437. The monoisotopic (exact) mass is 221 g/mol. The summed E-state index contributed by atoms with van der Waals surface area (Å²) in [7, 11) is 0. The Morgan fingerprint density at radius 2 is 2.06 bits per heavy atom. The van der Waals surface area contributed by atoms with E-state index in [1.807, 2.05) is 19.1 Å². The van der Waals surface area contributed by atoms with Crippen molar-refractivity contribution in [3.8, 4) is 5.75 Å². The van der Waals surface area contributed by atoms with Crippen molar-refractivity contribution in [1.29, 1.82) is 0 Å². The molecule has 1 unspecified atom stereocenters. The van der Waals surface area contributed by atoms with Gasteiger partial charge in [-0.15, -0.1) is 0 Å². The molecule has 16 heavy (non-hydrogen) atoms. The van der Waals surface area contributed by atoms with Crippen molar-refractivity contribution in [2.45, 2.75) is 12.8 Å². The Hall–Kier alpha value is -1.06. The minimum Gasteiger partial charge on any atom is -0.494 e. The molecule has 1 aromatic carbocycles. The van der Waals surface area contributed by atoms with Crippen molar-refractivity contribution in [3.05, 3.63) is 29.8 Å². The summed E-state index contributed by atoms with van der Waals surface area (Å²) in [6.07, 6.45) is 0. The molecular formula is C13H19NO2. The van der Waals surface area contributed by atoms with Gasteiger partial charge in [0.2, 0.25) is 0 Å². The van der Waals surface area contributed by atoms with Gasteiger partial charge in [-0.25, -0.2) is 0 Å². The highest BCUT2D eigenvalue weighted by atomic mass is 16.5. The second-order valence-electron chi connectivity index (χ2n) is 4.14. The summed E-state index contributed by atoms with van der Waals surface area (Å²) >= 11 is 0. The maximum Gasteiger partial charge on any atom is 0.119 e. The third-order valence-electron chi connectivity index (χ3n) is 3.11. The van der Waals surface area contributed by atoms with Gasteiger partial charge in [-0.05, 0) is 31.2 Å². The van der Waals surface area contributed by atoms with Gasteiger partial charge in [-0.3, -0.25) is 0 Å². The number of ether oxygens (including phenoxy) is 2. The molecule has 1 fully saturated rings. The van der Waals surface area contributed by atoms with Crippen LogP contribution in [-0.2, 0) is 4.74 Å². The zero-order chi connectivity index (χ0) is 11.4. The van der Waals surface area contributed by atoms with Crippen LogP contribution in [0.3, 0.4) is 0 Å². The molecule has 0 bridgehead atoms. The lowest BCUT2D eigenvalue weighted by Gasteiger charge is -2.33. The lowest BCUT2D eigenvalue weighted by atomic mass is 9.85. The quantitative estimate of drug-likeness (QED) is 0.824. The SMILES string of the molecule is CCOc1ccc(C(CN)C2COC2)cc1. The van der Waals surface area contributed by atoms with E-state index in [1.165, 1.54) is 5.56 Å². The van der Waals surface area contributed by atoms with E-state index < -0.39 is 0 Å². The molecule has 2 N–H and O–H groups in total. The van der Waals surface area contributed by atoms with Crippen molar-refractivity contribution in [3.63, 3.8) is 0 Å². The first-order valence-electron chi connectivity index (χ1n) is 5.85. The van der Waals surface area contributed by atoms with Crippen LogP contribution in [0.1, 0.15) is 18.4 Å². The van der Waals surface area contributed by atoms with Gasteiger partial charge in [-0.2, -0.15) is 0 Å². The molecule has 1 saturated heterocycles. The number of hydrogen-bond donors (Lipinski definition) is 1. The number of nitrogens with two attached hydrogens (primary N) is 1. The third-order valence-corrected chi connectivity index (χ3v) is 3.11. The molecule has 2 rings (SSSR count). The topological polar surface area (TPSA) is 44.5 Å². The summed E-state index contributed by atoms with van der Waals surface area (Å²) in [5, 5.41) is 0. The van der Waals surface area contributed by atoms with Gasteiger partial charge < -0.3 is 15.2 Å². The van der Waals surface area contributed by atoms with Crippen LogP contribution in [0.15, 0.2) is 24.3 Å². The molecule has 1 atom stereocenters. The van der Waals surface area contributed by atoms with Gasteiger partial charge in [0.05, 0.1) is 19.8 Å². The van der Waals surface area contributed by atoms with Gasteiger partial charge >= 0.3 is 0 Å². The number of rotatable bonds is 5. The Kier molecular flexibility index (Phi) is 3.80. The average molecular weight is 221 g/mol. The van der Waals surface area contributed by atoms with Gasteiger partial charge in [0.25, 0.3) is 0 Å². The molecule has 0 aromatic heterocycles. The first-order valence-corrected chi connectivity index (χ1v) is 5.85. The predicted octanol–water partition coefficient (Wildman–Crippen LogP) is 1.77. The van der Waals surface area contributed by atoms with E-state index in [2.05, 4.69) is 12.1 Å². The molecule has 88 valence electrons. The third kappa shape index (κ3) is 2.36. The van der Waals surface area contributed by atoms with Crippen LogP contribution >= 0.6 is 0 Å². The summed E-state index contributed by atoms with van der Waals surface area (Å²) < 4.78 is 10.6. The molecule has 0 spiro atoms. The Morgan fingerprint density at radius 1 is 1.38 bits per heavy atom. The van der Waals surface area contributed by atoms with E-state index in [9.17, 15) is 0 Å². The second-order valence-corrected chi connectivity index (χ2v) is 4.14. The molecule has 1 aliphatic heterocycles. The van der Waals surface area contributed by atoms with Crippen LogP contribution in [0.5, 0.6) is 5.75 Å². The molecule has 0 amide bonds. The summed E-state index contributed by atoms with van der Waals surface area (Å²) in [6, 6.07) is 8.25. The fourth-order valence-corrected chi connectivity index (χ4v) is 2.06. The van der Waals surface area contributed by atoms with Crippen molar-refractivity contribution in [2.75, 3.05) is 26.4 Å². The first-order chi connectivity index (χ1) is 7.85. The summed E-state index contributed by atoms with van der Waals surface area (Å²) in [5.74, 6) is 1.93. The Balaban J connectivity index is 2.06. The van der Waals surface area contributed by atoms with E-state index in [-0.39, 0.29) is 0 Å². The van der Waals surface area contributed by atoms with E-state index in [4.69, 9.17) is 15.2 Å². The largest absolute Gasteiger partial charge is 0.494 e. The maximum absolute atomic E-state index is 5.83. The van der Waals surface area contributed by atoms with Crippen LogP contribution in [-0.4, -0.2) is 26.4 Å².